The van der Waals surface area contributed by atoms with E-state index < -0.39 is 0 Å². The first-order chi connectivity index (χ1) is 8.31. The quantitative estimate of drug-likeness (QED) is 0.532. The molecule has 17 heavy (non-hydrogen) atoms. The highest BCUT2D eigenvalue weighted by Gasteiger charge is 2.08. The number of aryl methyl sites for hydroxylation is 1. The van der Waals surface area contributed by atoms with Crippen LogP contribution in [0.15, 0.2) is 42.5 Å². The maximum atomic E-state index is 2.25. The van der Waals surface area contributed by atoms with Gasteiger partial charge < -0.3 is 0 Å². The fourth-order valence-electron chi connectivity index (χ4n) is 2.34. The first-order valence-corrected chi connectivity index (χ1v) is 6.66. The van der Waals surface area contributed by atoms with Gasteiger partial charge in [-0.2, -0.15) is 0 Å². The summed E-state index contributed by atoms with van der Waals surface area (Å²) < 4.78 is 1.41. The van der Waals surface area contributed by atoms with Crippen molar-refractivity contribution in [1.82, 2.24) is 0 Å². The highest BCUT2D eigenvalue weighted by atomic mass is 32.1. The monoisotopic (exact) mass is 238 g/mol. The average Bonchev–Trinajstić information content (AvgIpc) is 2.67. The SMILES string of the molecule is C/C=C\c1c(C)sc2c1ccc1ccccc12. The molecule has 0 spiro atoms. The van der Waals surface area contributed by atoms with E-state index in [2.05, 4.69) is 62.4 Å². The van der Waals surface area contributed by atoms with Crippen molar-refractivity contribution in [3.8, 4) is 0 Å². The molecular formula is C16H14S. The largest absolute Gasteiger partial charge is 0.139 e. The van der Waals surface area contributed by atoms with Crippen LogP contribution in [0.1, 0.15) is 17.4 Å². The molecular weight excluding hydrogens is 224 g/mol. The molecule has 0 nitrogen and oxygen atoms in total. The predicted molar refractivity (Wildman–Crippen MR) is 78.8 cm³/mol. The third-order valence-corrected chi connectivity index (χ3v) is 4.31. The summed E-state index contributed by atoms with van der Waals surface area (Å²) in [6.45, 7) is 4.28. The van der Waals surface area contributed by atoms with Crippen LogP contribution in [0.2, 0.25) is 0 Å². The molecule has 0 radical (unpaired) electrons. The number of hydrogen-bond acceptors (Lipinski definition) is 1. The average molecular weight is 238 g/mol. The highest BCUT2D eigenvalue weighted by molar-refractivity contribution is 7.20. The van der Waals surface area contributed by atoms with Crippen LogP contribution in [0.3, 0.4) is 0 Å². The number of fused-ring (bicyclic) bond motifs is 3. The molecule has 1 aromatic heterocycles. The zero-order valence-electron chi connectivity index (χ0n) is 10.0. The van der Waals surface area contributed by atoms with Gasteiger partial charge in [-0.05, 0) is 30.2 Å². The van der Waals surface area contributed by atoms with Crippen LogP contribution < -0.4 is 0 Å². The molecule has 0 aliphatic rings. The van der Waals surface area contributed by atoms with Crippen molar-refractivity contribution in [2.45, 2.75) is 13.8 Å². The second-order valence-electron chi connectivity index (χ2n) is 4.24. The number of thiophene rings is 1. The van der Waals surface area contributed by atoms with Gasteiger partial charge in [0, 0.05) is 15.0 Å². The molecule has 84 valence electrons. The van der Waals surface area contributed by atoms with Crippen LogP contribution in [0.25, 0.3) is 26.9 Å². The Balaban J connectivity index is 2.49. The molecule has 0 saturated carbocycles. The molecule has 0 fully saturated rings. The van der Waals surface area contributed by atoms with Gasteiger partial charge in [0.2, 0.25) is 0 Å². The van der Waals surface area contributed by atoms with E-state index in [4.69, 9.17) is 0 Å². The fraction of sp³-hybridized carbons (Fsp3) is 0.125. The minimum absolute atomic E-state index is 1.33. The van der Waals surface area contributed by atoms with Crippen molar-refractivity contribution in [3.05, 3.63) is 52.9 Å². The van der Waals surface area contributed by atoms with E-state index in [1.165, 1.54) is 31.3 Å². The normalized spacial score (nSPS) is 11.9. The lowest BCUT2D eigenvalue weighted by Gasteiger charge is -1.99. The van der Waals surface area contributed by atoms with Gasteiger partial charge in [0.05, 0.1) is 0 Å². The summed E-state index contributed by atoms with van der Waals surface area (Å²) >= 11 is 1.90. The number of benzene rings is 2. The van der Waals surface area contributed by atoms with E-state index in [1.54, 1.807) is 0 Å². The summed E-state index contributed by atoms with van der Waals surface area (Å²) in [5.41, 5.74) is 1.37. The molecule has 0 unspecified atom stereocenters. The van der Waals surface area contributed by atoms with E-state index >= 15 is 0 Å². The Labute approximate surface area is 105 Å². The predicted octanol–water partition coefficient (Wildman–Crippen LogP) is 5.40. The van der Waals surface area contributed by atoms with Crippen LogP contribution in [0.5, 0.6) is 0 Å². The lowest BCUT2D eigenvalue weighted by atomic mass is 10.1. The number of hydrogen-bond donors (Lipinski definition) is 0. The van der Waals surface area contributed by atoms with Crippen LogP contribution in [-0.2, 0) is 0 Å². The molecule has 3 rings (SSSR count). The maximum Gasteiger partial charge on any atom is 0.0430 e. The molecule has 1 heterocycles. The Morgan fingerprint density at radius 3 is 2.65 bits per heavy atom. The molecule has 2 aromatic carbocycles. The lowest BCUT2D eigenvalue weighted by Crippen LogP contribution is -1.74. The standard InChI is InChI=1S/C16H14S/c1-3-6-13-11(2)17-16-14-8-5-4-7-12(14)9-10-15(13)16/h3-10H,1-2H3/b6-3-. The van der Waals surface area contributed by atoms with Crippen LogP contribution >= 0.6 is 11.3 Å². The molecule has 1 heteroatoms. The second kappa shape index (κ2) is 4.01. The summed E-state index contributed by atoms with van der Waals surface area (Å²) in [7, 11) is 0. The molecule has 0 atom stereocenters. The van der Waals surface area contributed by atoms with Gasteiger partial charge in [-0.25, -0.2) is 0 Å². The number of allylic oxidation sites excluding steroid dienone is 1. The van der Waals surface area contributed by atoms with Crippen molar-refractivity contribution in [2.24, 2.45) is 0 Å². The fourth-order valence-corrected chi connectivity index (χ4v) is 3.51. The smallest absolute Gasteiger partial charge is 0.0430 e. The van der Waals surface area contributed by atoms with Crippen molar-refractivity contribution < 1.29 is 0 Å². The van der Waals surface area contributed by atoms with Gasteiger partial charge in [-0.15, -0.1) is 11.3 Å². The van der Waals surface area contributed by atoms with Crippen molar-refractivity contribution in [2.75, 3.05) is 0 Å². The third kappa shape index (κ3) is 1.58. The molecule has 0 aliphatic heterocycles. The Bertz CT molecular complexity index is 717. The maximum absolute atomic E-state index is 2.25. The van der Waals surface area contributed by atoms with Gasteiger partial charge in [0.1, 0.15) is 0 Å². The van der Waals surface area contributed by atoms with E-state index in [9.17, 15) is 0 Å². The van der Waals surface area contributed by atoms with E-state index in [0.717, 1.165) is 0 Å². The second-order valence-corrected chi connectivity index (χ2v) is 5.46. The molecule has 0 aliphatic carbocycles. The Hall–Kier alpha value is -1.60. The molecule has 0 amide bonds. The van der Waals surface area contributed by atoms with Crippen LogP contribution in [0, 0.1) is 6.92 Å². The Morgan fingerprint density at radius 1 is 1.00 bits per heavy atom. The summed E-state index contributed by atoms with van der Waals surface area (Å²) in [5.74, 6) is 0. The van der Waals surface area contributed by atoms with E-state index in [0.29, 0.717) is 0 Å². The first-order valence-electron chi connectivity index (χ1n) is 5.85. The van der Waals surface area contributed by atoms with Crippen molar-refractivity contribution >= 4 is 38.3 Å². The minimum Gasteiger partial charge on any atom is -0.139 e. The summed E-state index contributed by atoms with van der Waals surface area (Å²) in [5, 5.41) is 4.08. The van der Waals surface area contributed by atoms with Gasteiger partial charge in [0.25, 0.3) is 0 Å². The zero-order chi connectivity index (χ0) is 11.8. The van der Waals surface area contributed by atoms with Crippen LogP contribution in [-0.4, -0.2) is 0 Å². The Morgan fingerprint density at radius 2 is 1.82 bits per heavy atom. The van der Waals surface area contributed by atoms with Crippen LogP contribution in [0.4, 0.5) is 0 Å². The van der Waals surface area contributed by atoms with Gasteiger partial charge in [-0.3, -0.25) is 0 Å². The summed E-state index contributed by atoms with van der Waals surface area (Å²) in [4.78, 5) is 1.40. The molecule has 0 saturated heterocycles. The van der Waals surface area contributed by atoms with Crippen molar-refractivity contribution in [1.29, 1.82) is 0 Å². The van der Waals surface area contributed by atoms with E-state index in [1.807, 2.05) is 11.3 Å². The summed E-state index contributed by atoms with van der Waals surface area (Å²) in [6.07, 6.45) is 4.33. The van der Waals surface area contributed by atoms with Gasteiger partial charge in [-0.1, -0.05) is 48.6 Å². The van der Waals surface area contributed by atoms with Crippen molar-refractivity contribution in [3.63, 3.8) is 0 Å². The Kier molecular flexibility index (Phi) is 2.49. The topological polar surface area (TPSA) is 0 Å². The summed E-state index contributed by atoms with van der Waals surface area (Å²) in [6, 6.07) is 13.1. The number of rotatable bonds is 1. The van der Waals surface area contributed by atoms with Gasteiger partial charge in [0.15, 0.2) is 0 Å². The molecule has 0 N–H and O–H groups in total. The molecule has 3 aromatic rings. The first kappa shape index (κ1) is 10.5. The zero-order valence-corrected chi connectivity index (χ0v) is 10.8. The minimum atomic E-state index is 1.33. The van der Waals surface area contributed by atoms with Gasteiger partial charge >= 0.3 is 0 Å². The van der Waals surface area contributed by atoms with E-state index in [-0.39, 0.29) is 0 Å². The lowest BCUT2D eigenvalue weighted by molar-refractivity contribution is 1.61. The third-order valence-electron chi connectivity index (χ3n) is 3.14. The molecule has 0 bridgehead atoms. The highest BCUT2D eigenvalue weighted by Crippen LogP contribution is 2.36.